The second kappa shape index (κ2) is 6.60. The quantitative estimate of drug-likeness (QED) is 0.887. The molecular formula is C16H20N4O2. The van der Waals surface area contributed by atoms with Crippen LogP contribution in [0.1, 0.15) is 25.7 Å². The lowest BCUT2D eigenvalue weighted by Crippen LogP contribution is -2.25. The third kappa shape index (κ3) is 3.27. The van der Waals surface area contributed by atoms with E-state index in [0.717, 1.165) is 18.5 Å². The highest BCUT2D eigenvalue weighted by molar-refractivity contribution is 5.95. The molecule has 1 fully saturated rings. The van der Waals surface area contributed by atoms with E-state index in [2.05, 4.69) is 22.4 Å². The molecule has 6 nitrogen and oxygen atoms in total. The number of nitrogens with one attached hydrogen (secondary N) is 1. The first-order valence-corrected chi connectivity index (χ1v) is 7.68. The summed E-state index contributed by atoms with van der Waals surface area (Å²) in [5, 5.41) is 11.1. The van der Waals surface area contributed by atoms with Crippen LogP contribution in [0.3, 0.4) is 0 Å². The summed E-state index contributed by atoms with van der Waals surface area (Å²) < 4.78 is 5.49. The van der Waals surface area contributed by atoms with Gasteiger partial charge in [-0.1, -0.05) is 30.2 Å². The third-order valence-electron chi connectivity index (χ3n) is 3.75. The van der Waals surface area contributed by atoms with Gasteiger partial charge in [0, 0.05) is 37.5 Å². The number of para-hydroxylation sites is 1. The van der Waals surface area contributed by atoms with E-state index in [9.17, 15) is 4.79 Å². The van der Waals surface area contributed by atoms with Crippen molar-refractivity contribution in [2.75, 3.05) is 23.3 Å². The summed E-state index contributed by atoms with van der Waals surface area (Å²) in [6.45, 7) is 3.44. The molecule has 22 heavy (non-hydrogen) atoms. The Kier molecular flexibility index (Phi) is 4.37. The average molecular weight is 300 g/mol. The molecular weight excluding hydrogens is 280 g/mol. The molecule has 0 spiro atoms. The normalized spacial score (nSPS) is 18.0. The molecule has 6 heteroatoms. The first-order valence-electron chi connectivity index (χ1n) is 7.68. The summed E-state index contributed by atoms with van der Waals surface area (Å²) in [5.41, 5.74) is 0.957. The molecule has 116 valence electrons. The highest BCUT2D eigenvalue weighted by atomic mass is 16.4. The minimum Gasteiger partial charge on any atom is -0.408 e. The van der Waals surface area contributed by atoms with Gasteiger partial charge >= 0.3 is 6.01 Å². The second-order valence-corrected chi connectivity index (χ2v) is 5.54. The highest BCUT2D eigenvalue weighted by Crippen LogP contribution is 2.25. The van der Waals surface area contributed by atoms with E-state index in [1.165, 1.54) is 0 Å². The van der Waals surface area contributed by atoms with Gasteiger partial charge in [-0.2, -0.15) is 0 Å². The van der Waals surface area contributed by atoms with Crippen LogP contribution in [0.4, 0.5) is 11.7 Å². The lowest BCUT2D eigenvalue weighted by Gasteiger charge is -2.16. The van der Waals surface area contributed by atoms with Crippen molar-refractivity contribution in [2.24, 2.45) is 5.92 Å². The van der Waals surface area contributed by atoms with Gasteiger partial charge in [-0.15, -0.1) is 5.10 Å². The Morgan fingerprint density at radius 2 is 2.14 bits per heavy atom. The Bertz CT molecular complexity index is 626. The molecule has 0 bridgehead atoms. The summed E-state index contributed by atoms with van der Waals surface area (Å²) >= 11 is 0. The number of carbonyl (C=O) groups is 1. The van der Waals surface area contributed by atoms with E-state index in [-0.39, 0.29) is 11.8 Å². The molecule has 1 N–H and O–H groups in total. The van der Waals surface area contributed by atoms with Gasteiger partial charge in [-0.3, -0.25) is 4.79 Å². The third-order valence-corrected chi connectivity index (χ3v) is 3.75. The number of anilines is 2. The van der Waals surface area contributed by atoms with Gasteiger partial charge in [0.05, 0.1) is 0 Å². The zero-order valence-corrected chi connectivity index (χ0v) is 12.7. The Labute approximate surface area is 129 Å². The van der Waals surface area contributed by atoms with Crippen LogP contribution in [-0.2, 0) is 11.2 Å². The molecule has 0 unspecified atom stereocenters. The molecule has 2 heterocycles. The van der Waals surface area contributed by atoms with E-state index in [1.807, 2.05) is 35.2 Å². The van der Waals surface area contributed by atoms with Gasteiger partial charge in [-0.05, 0) is 18.6 Å². The summed E-state index contributed by atoms with van der Waals surface area (Å²) in [5.74, 6) is 1.06. The van der Waals surface area contributed by atoms with Crippen LogP contribution < -0.4 is 10.2 Å². The maximum absolute atomic E-state index is 12.1. The van der Waals surface area contributed by atoms with Crippen molar-refractivity contribution in [1.82, 2.24) is 10.2 Å². The van der Waals surface area contributed by atoms with Crippen LogP contribution >= 0.6 is 0 Å². The number of nitrogens with zero attached hydrogens (tertiary/aromatic N) is 3. The fourth-order valence-electron chi connectivity index (χ4n) is 2.65. The van der Waals surface area contributed by atoms with Crippen LogP contribution in [-0.4, -0.2) is 29.2 Å². The van der Waals surface area contributed by atoms with Crippen LogP contribution in [0.15, 0.2) is 34.7 Å². The summed E-state index contributed by atoms with van der Waals surface area (Å²) in [4.78, 5) is 14.0. The molecule has 1 saturated heterocycles. The summed E-state index contributed by atoms with van der Waals surface area (Å²) in [6.07, 6.45) is 2.31. The Hall–Kier alpha value is -2.37. The van der Waals surface area contributed by atoms with Crippen LogP contribution in [0, 0.1) is 5.92 Å². The van der Waals surface area contributed by atoms with Crippen molar-refractivity contribution < 1.29 is 9.21 Å². The molecule has 1 atom stereocenters. The monoisotopic (exact) mass is 300 g/mol. The number of carbonyl (C=O) groups excluding carboxylic acids is 1. The number of benzene rings is 1. The lowest BCUT2D eigenvalue weighted by atomic mass is 10.1. The lowest BCUT2D eigenvalue weighted by molar-refractivity contribution is -0.117. The van der Waals surface area contributed by atoms with Crippen molar-refractivity contribution in [3.63, 3.8) is 0 Å². The number of hydrogen-bond acceptors (Lipinski definition) is 5. The number of hydrogen-bond donors (Lipinski definition) is 1. The molecule has 0 radical (unpaired) electrons. The molecule has 1 aliphatic rings. The van der Waals surface area contributed by atoms with Gasteiger partial charge < -0.3 is 14.6 Å². The topological polar surface area (TPSA) is 71.3 Å². The Balaban J connectivity index is 1.55. The standard InChI is InChI=1S/C16H20N4O2/c1-2-6-14-18-19-16(22-14)17-10-12-9-15(21)20(11-12)13-7-4-3-5-8-13/h3-5,7-8,12H,2,6,9-11H2,1H3,(H,17,19)/t12-/m1/s1. The number of aryl methyl sites for hydroxylation is 1. The summed E-state index contributed by atoms with van der Waals surface area (Å²) in [7, 11) is 0. The predicted molar refractivity (Wildman–Crippen MR) is 83.7 cm³/mol. The van der Waals surface area contributed by atoms with Gasteiger partial charge in [0.2, 0.25) is 11.8 Å². The smallest absolute Gasteiger partial charge is 0.315 e. The molecule has 0 aliphatic carbocycles. The molecule has 0 saturated carbocycles. The van der Waals surface area contributed by atoms with E-state index in [0.29, 0.717) is 31.4 Å². The van der Waals surface area contributed by atoms with Crippen molar-refractivity contribution in [3.05, 3.63) is 36.2 Å². The number of rotatable bonds is 6. The SMILES string of the molecule is CCCc1nnc(NC[C@H]2CC(=O)N(c3ccccc3)C2)o1. The van der Waals surface area contributed by atoms with Crippen molar-refractivity contribution in [2.45, 2.75) is 26.2 Å². The van der Waals surface area contributed by atoms with Gasteiger partial charge in [0.1, 0.15) is 0 Å². The zero-order valence-electron chi connectivity index (χ0n) is 12.7. The zero-order chi connectivity index (χ0) is 15.4. The molecule has 2 aromatic rings. The Morgan fingerprint density at radius 3 is 2.91 bits per heavy atom. The molecule has 1 aliphatic heterocycles. The van der Waals surface area contributed by atoms with Gasteiger partial charge in [-0.25, -0.2) is 0 Å². The number of aromatic nitrogens is 2. The summed E-state index contributed by atoms with van der Waals surface area (Å²) in [6, 6.07) is 10.2. The number of amides is 1. The fraction of sp³-hybridized carbons (Fsp3) is 0.438. The molecule has 1 aromatic heterocycles. The minimum atomic E-state index is 0.162. The first-order chi connectivity index (χ1) is 10.8. The van der Waals surface area contributed by atoms with Crippen LogP contribution in [0.25, 0.3) is 0 Å². The molecule has 1 aromatic carbocycles. The maximum Gasteiger partial charge on any atom is 0.315 e. The largest absolute Gasteiger partial charge is 0.408 e. The first kappa shape index (κ1) is 14.6. The van der Waals surface area contributed by atoms with Gasteiger partial charge in [0.25, 0.3) is 0 Å². The van der Waals surface area contributed by atoms with Crippen LogP contribution in [0.5, 0.6) is 0 Å². The molecule has 1 amide bonds. The highest BCUT2D eigenvalue weighted by Gasteiger charge is 2.30. The minimum absolute atomic E-state index is 0.162. The predicted octanol–water partition coefficient (Wildman–Crippen LogP) is 2.49. The van der Waals surface area contributed by atoms with E-state index in [1.54, 1.807) is 0 Å². The average Bonchev–Trinajstić information content (AvgIpc) is 3.13. The fourth-order valence-corrected chi connectivity index (χ4v) is 2.65. The maximum atomic E-state index is 12.1. The van der Waals surface area contributed by atoms with Crippen molar-refractivity contribution in [1.29, 1.82) is 0 Å². The second-order valence-electron chi connectivity index (χ2n) is 5.54. The van der Waals surface area contributed by atoms with Gasteiger partial charge in [0.15, 0.2) is 0 Å². The molecule has 3 rings (SSSR count). The van der Waals surface area contributed by atoms with Crippen molar-refractivity contribution >= 4 is 17.6 Å². The van der Waals surface area contributed by atoms with E-state index in [4.69, 9.17) is 4.42 Å². The Morgan fingerprint density at radius 1 is 1.32 bits per heavy atom. The van der Waals surface area contributed by atoms with Crippen molar-refractivity contribution in [3.8, 4) is 0 Å². The van der Waals surface area contributed by atoms with E-state index >= 15 is 0 Å². The van der Waals surface area contributed by atoms with Crippen LogP contribution in [0.2, 0.25) is 0 Å². The van der Waals surface area contributed by atoms with E-state index < -0.39 is 0 Å².